The molecule has 0 aliphatic carbocycles. The largest absolute Gasteiger partial charge is 0.385 e. The van der Waals surface area contributed by atoms with Crippen LogP contribution in [0.3, 0.4) is 0 Å². The van der Waals surface area contributed by atoms with Crippen molar-refractivity contribution in [3.05, 3.63) is 23.5 Å². The highest BCUT2D eigenvalue weighted by Crippen LogP contribution is 2.20. The maximum Gasteiger partial charge on any atom is 0.109 e. The summed E-state index contributed by atoms with van der Waals surface area (Å²) in [5, 5.41) is 13.2. The van der Waals surface area contributed by atoms with Gasteiger partial charge in [0.1, 0.15) is 6.10 Å². The van der Waals surface area contributed by atoms with E-state index in [2.05, 4.69) is 9.88 Å². The third kappa shape index (κ3) is 1.56. The van der Waals surface area contributed by atoms with Crippen LogP contribution in [-0.4, -0.2) is 22.3 Å². The Morgan fingerprint density at radius 1 is 1.57 bits per heavy atom. The van der Waals surface area contributed by atoms with E-state index < -0.39 is 6.10 Å². The second-order valence-corrected chi connectivity index (χ2v) is 3.88. The topological polar surface area (TPSA) is 63.2 Å². The first kappa shape index (κ1) is 9.71. The lowest BCUT2D eigenvalue weighted by atomic mass is 10.1. The van der Waals surface area contributed by atoms with Gasteiger partial charge in [-0.15, -0.1) is 0 Å². The minimum Gasteiger partial charge on any atom is -0.385 e. The van der Waals surface area contributed by atoms with Gasteiger partial charge in [0.25, 0.3) is 0 Å². The van der Waals surface area contributed by atoms with Gasteiger partial charge in [-0.2, -0.15) is 0 Å². The number of hydrogen-bond donors (Lipinski definition) is 3. The van der Waals surface area contributed by atoms with Crippen molar-refractivity contribution in [1.82, 2.24) is 9.88 Å². The van der Waals surface area contributed by atoms with Crippen LogP contribution in [0.5, 0.6) is 0 Å². The van der Waals surface area contributed by atoms with Crippen molar-refractivity contribution in [2.24, 2.45) is 5.73 Å². The molecule has 0 fully saturated rings. The fourth-order valence-corrected chi connectivity index (χ4v) is 1.89. The highest BCUT2D eigenvalue weighted by Gasteiger charge is 2.19. The summed E-state index contributed by atoms with van der Waals surface area (Å²) in [6.07, 6.45) is -0.554. The molecule has 14 heavy (non-hydrogen) atoms. The Morgan fingerprint density at radius 2 is 2.36 bits per heavy atom. The van der Waals surface area contributed by atoms with Crippen molar-refractivity contribution in [2.45, 2.75) is 32.2 Å². The van der Waals surface area contributed by atoms with Crippen molar-refractivity contribution in [3.63, 3.8) is 0 Å². The van der Waals surface area contributed by atoms with Gasteiger partial charge in [0.05, 0.1) is 0 Å². The first-order valence-corrected chi connectivity index (χ1v) is 5.03. The van der Waals surface area contributed by atoms with E-state index in [4.69, 9.17) is 5.73 Å². The van der Waals surface area contributed by atoms with Crippen molar-refractivity contribution in [2.75, 3.05) is 6.54 Å². The zero-order chi connectivity index (χ0) is 10.1. The normalized spacial score (nSPS) is 20.2. The van der Waals surface area contributed by atoms with Crippen LogP contribution in [0, 0.1) is 0 Å². The Balaban J connectivity index is 2.30. The fourth-order valence-electron chi connectivity index (χ4n) is 1.89. The van der Waals surface area contributed by atoms with E-state index in [9.17, 15) is 5.11 Å². The molecule has 4 nitrogen and oxygen atoms in total. The molecule has 0 radical (unpaired) electrons. The number of aliphatic hydroxyl groups is 1. The summed E-state index contributed by atoms with van der Waals surface area (Å²) in [7, 11) is 0. The SMILES string of the molecule is CC(N)C(O)c1ccc2n1CCNC2. The minimum atomic E-state index is -0.554. The second-order valence-electron chi connectivity index (χ2n) is 3.88. The monoisotopic (exact) mass is 195 g/mol. The Labute approximate surface area is 83.7 Å². The molecule has 2 unspecified atom stereocenters. The number of aliphatic hydroxyl groups excluding tert-OH is 1. The quantitative estimate of drug-likeness (QED) is 0.621. The van der Waals surface area contributed by atoms with Gasteiger partial charge in [0.2, 0.25) is 0 Å². The number of rotatable bonds is 2. The van der Waals surface area contributed by atoms with E-state index in [0.717, 1.165) is 25.3 Å². The van der Waals surface area contributed by atoms with Gasteiger partial charge in [-0.3, -0.25) is 0 Å². The molecule has 0 bridgehead atoms. The fraction of sp³-hybridized carbons (Fsp3) is 0.600. The molecule has 0 aromatic carbocycles. The summed E-state index contributed by atoms with van der Waals surface area (Å²) in [5.74, 6) is 0. The second kappa shape index (κ2) is 3.73. The third-order valence-electron chi connectivity index (χ3n) is 2.72. The van der Waals surface area contributed by atoms with E-state index in [0.29, 0.717) is 0 Å². The molecule has 0 saturated heterocycles. The highest BCUT2D eigenvalue weighted by atomic mass is 16.3. The zero-order valence-electron chi connectivity index (χ0n) is 8.40. The predicted molar refractivity (Wildman–Crippen MR) is 54.7 cm³/mol. The third-order valence-corrected chi connectivity index (χ3v) is 2.72. The number of fused-ring (bicyclic) bond motifs is 1. The molecule has 1 aromatic rings. The summed E-state index contributed by atoms with van der Waals surface area (Å²) < 4.78 is 2.16. The molecule has 0 spiro atoms. The summed E-state index contributed by atoms with van der Waals surface area (Å²) in [6.45, 7) is 4.58. The molecule has 2 atom stereocenters. The molecule has 78 valence electrons. The summed E-state index contributed by atoms with van der Waals surface area (Å²) in [5.41, 5.74) is 7.85. The molecule has 2 rings (SSSR count). The molecular weight excluding hydrogens is 178 g/mol. The predicted octanol–water partition coefficient (Wildman–Crippen LogP) is -0.0281. The Bertz CT molecular complexity index is 319. The van der Waals surface area contributed by atoms with Gasteiger partial charge in [0.15, 0.2) is 0 Å². The maximum atomic E-state index is 9.88. The van der Waals surface area contributed by atoms with Crippen LogP contribution in [0.25, 0.3) is 0 Å². The Hall–Kier alpha value is -0.840. The van der Waals surface area contributed by atoms with Crippen molar-refractivity contribution in [3.8, 4) is 0 Å². The van der Waals surface area contributed by atoms with Gasteiger partial charge in [-0.1, -0.05) is 0 Å². The smallest absolute Gasteiger partial charge is 0.109 e. The number of nitrogens with zero attached hydrogens (tertiary/aromatic N) is 1. The van der Waals surface area contributed by atoms with E-state index in [1.54, 1.807) is 0 Å². The molecule has 1 aliphatic rings. The summed E-state index contributed by atoms with van der Waals surface area (Å²) in [4.78, 5) is 0. The molecule has 1 aromatic heterocycles. The molecule has 2 heterocycles. The maximum absolute atomic E-state index is 9.88. The minimum absolute atomic E-state index is 0.219. The van der Waals surface area contributed by atoms with Crippen molar-refractivity contribution in [1.29, 1.82) is 0 Å². The molecule has 4 heteroatoms. The zero-order valence-corrected chi connectivity index (χ0v) is 8.40. The van der Waals surface area contributed by atoms with Crippen LogP contribution in [0.4, 0.5) is 0 Å². The summed E-state index contributed by atoms with van der Waals surface area (Å²) in [6, 6.07) is 3.80. The standard InChI is InChI=1S/C10H17N3O/c1-7(11)10(14)9-3-2-8-6-12-4-5-13(8)9/h2-3,7,10,12,14H,4-6,11H2,1H3. The van der Waals surface area contributed by atoms with Crippen LogP contribution in [0.1, 0.15) is 24.4 Å². The van der Waals surface area contributed by atoms with Crippen LogP contribution >= 0.6 is 0 Å². The van der Waals surface area contributed by atoms with Gasteiger partial charge in [-0.25, -0.2) is 0 Å². The lowest BCUT2D eigenvalue weighted by molar-refractivity contribution is 0.143. The number of nitrogens with one attached hydrogen (secondary N) is 1. The first-order valence-electron chi connectivity index (χ1n) is 5.03. The van der Waals surface area contributed by atoms with Crippen molar-refractivity contribution < 1.29 is 5.11 Å². The van der Waals surface area contributed by atoms with E-state index in [1.165, 1.54) is 5.69 Å². The average molecular weight is 195 g/mol. The van der Waals surface area contributed by atoms with Gasteiger partial charge in [0, 0.05) is 37.1 Å². The van der Waals surface area contributed by atoms with Gasteiger partial charge >= 0.3 is 0 Å². The Morgan fingerprint density at radius 3 is 3.07 bits per heavy atom. The molecule has 0 saturated carbocycles. The van der Waals surface area contributed by atoms with Crippen LogP contribution in [0.15, 0.2) is 12.1 Å². The lowest BCUT2D eigenvalue weighted by Crippen LogP contribution is -2.32. The number of nitrogens with two attached hydrogens (primary N) is 1. The molecule has 4 N–H and O–H groups in total. The van der Waals surface area contributed by atoms with E-state index in [-0.39, 0.29) is 6.04 Å². The average Bonchev–Trinajstić information content (AvgIpc) is 2.60. The molecule has 0 amide bonds. The van der Waals surface area contributed by atoms with Crippen molar-refractivity contribution >= 4 is 0 Å². The van der Waals surface area contributed by atoms with E-state index in [1.807, 2.05) is 19.1 Å². The number of aromatic nitrogens is 1. The first-order chi connectivity index (χ1) is 6.70. The van der Waals surface area contributed by atoms with E-state index >= 15 is 0 Å². The summed E-state index contributed by atoms with van der Waals surface area (Å²) >= 11 is 0. The van der Waals surface area contributed by atoms with Gasteiger partial charge < -0.3 is 20.7 Å². The Kier molecular flexibility index (Phi) is 2.58. The van der Waals surface area contributed by atoms with Gasteiger partial charge in [-0.05, 0) is 19.1 Å². The molecule has 1 aliphatic heterocycles. The number of hydrogen-bond acceptors (Lipinski definition) is 3. The van der Waals surface area contributed by atoms with Crippen LogP contribution in [-0.2, 0) is 13.1 Å². The highest BCUT2D eigenvalue weighted by molar-refractivity contribution is 5.20. The lowest BCUT2D eigenvalue weighted by Gasteiger charge is -2.22. The molecular formula is C10H17N3O. The van der Waals surface area contributed by atoms with Crippen LogP contribution < -0.4 is 11.1 Å². The van der Waals surface area contributed by atoms with Crippen LogP contribution in [0.2, 0.25) is 0 Å².